The molecule has 0 spiro atoms. The Labute approximate surface area is 203 Å². The zero-order chi connectivity index (χ0) is 24.5. The first kappa shape index (κ1) is 23.8. The first-order valence-electron chi connectivity index (χ1n) is 11.4. The maximum absolute atomic E-state index is 12.0. The molecule has 34 heavy (non-hydrogen) atoms. The Morgan fingerprint density at radius 2 is 2.03 bits per heavy atom. The van der Waals surface area contributed by atoms with Crippen molar-refractivity contribution in [2.45, 2.75) is 45.3 Å². The molecule has 4 rings (SSSR count). The van der Waals surface area contributed by atoms with Crippen LogP contribution in [0, 0.1) is 0 Å². The summed E-state index contributed by atoms with van der Waals surface area (Å²) in [5.74, 6) is 2.03. The fourth-order valence-electron chi connectivity index (χ4n) is 3.91. The topological polar surface area (TPSA) is 97.2 Å². The third-order valence-corrected chi connectivity index (χ3v) is 5.79. The molecule has 0 bridgehead atoms. The van der Waals surface area contributed by atoms with E-state index in [1.165, 1.54) is 10.6 Å². The van der Waals surface area contributed by atoms with Gasteiger partial charge in [-0.1, -0.05) is 13.0 Å². The Hall–Kier alpha value is -3.30. The predicted molar refractivity (Wildman–Crippen MR) is 138 cm³/mol. The van der Waals surface area contributed by atoms with Gasteiger partial charge in [-0.05, 0) is 46.0 Å². The van der Waals surface area contributed by atoms with Gasteiger partial charge in [0.1, 0.15) is 11.6 Å². The summed E-state index contributed by atoms with van der Waals surface area (Å²) in [6, 6.07) is 9.35. The largest absolute Gasteiger partial charge is 0.375 e. The molecule has 0 aromatic carbocycles. The number of nitrogens with zero attached hydrogens (tertiary/aromatic N) is 5. The highest BCUT2D eigenvalue weighted by molar-refractivity contribution is 5.68. The number of aryl methyl sites for hydroxylation is 1. The molecule has 0 saturated carbocycles. The number of aromatic nitrogens is 4. The summed E-state index contributed by atoms with van der Waals surface area (Å²) in [6.45, 7) is 10.2. The minimum absolute atomic E-state index is 0. The van der Waals surface area contributed by atoms with Gasteiger partial charge in [-0.15, -0.1) is 0 Å². The van der Waals surface area contributed by atoms with Crippen molar-refractivity contribution in [1.82, 2.24) is 24.8 Å². The molecule has 184 valence electrons. The van der Waals surface area contributed by atoms with E-state index in [-0.39, 0.29) is 19.4 Å². The zero-order valence-corrected chi connectivity index (χ0v) is 20.7. The van der Waals surface area contributed by atoms with Gasteiger partial charge < -0.3 is 24.8 Å². The molecule has 0 fully saturated rings. The Morgan fingerprint density at radius 3 is 2.74 bits per heavy atom. The van der Waals surface area contributed by atoms with Gasteiger partial charge in [0.2, 0.25) is 5.95 Å². The summed E-state index contributed by atoms with van der Waals surface area (Å²) in [5, 5.41) is 6.32. The molecule has 0 radical (unpaired) electrons. The highest BCUT2D eigenvalue weighted by atomic mass is 16.5. The number of hydrogen-bond donors (Lipinski definition) is 2. The molecule has 0 saturated heterocycles. The van der Waals surface area contributed by atoms with E-state index >= 15 is 0 Å². The molecule has 1 atom stereocenters. The van der Waals surface area contributed by atoms with E-state index in [4.69, 9.17) is 14.7 Å². The van der Waals surface area contributed by atoms with Gasteiger partial charge in [0.05, 0.1) is 17.9 Å². The lowest BCUT2D eigenvalue weighted by Gasteiger charge is -2.30. The monoisotopic (exact) mass is 467 g/mol. The van der Waals surface area contributed by atoms with Crippen molar-refractivity contribution in [1.29, 1.82) is 0 Å². The maximum atomic E-state index is 12.0. The molecular formula is C25H37N7O2. The Balaban J connectivity index is 0.00000228. The van der Waals surface area contributed by atoms with E-state index in [1.54, 1.807) is 13.2 Å². The van der Waals surface area contributed by atoms with Crippen LogP contribution in [-0.2, 0) is 23.7 Å². The van der Waals surface area contributed by atoms with E-state index in [2.05, 4.69) is 48.2 Å². The van der Waals surface area contributed by atoms with Gasteiger partial charge in [-0.3, -0.25) is 4.79 Å². The highest BCUT2D eigenvalue weighted by Gasteiger charge is 2.43. The van der Waals surface area contributed by atoms with Gasteiger partial charge in [0.15, 0.2) is 0 Å². The fraction of sp³-hybridized carbons (Fsp3) is 0.440. The highest BCUT2D eigenvalue weighted by Crippen LogP contribution is 2.43. The third kappa shape index (κ3) is 5.10. The molecular weight excluding hydrogens is 430 g/mol. The average molecular weight is 468 g/mol. The van der Waals surface area contributed by atoms with Gasteiger partial charge in [0, 0.05) is 58.1 Å². The summed E-state index contributed by atoms with van der Waals surface area (Å²) in [5.41, 5.74) is 1.92. The summed E-state index contributed by atoms with van der Waals surface area (Å²) in [4.78, 5) is 28.4. The van der Waals surface area contributed by atoms with Gasteiger partial charge in [-0.2, -0.15) is 4.98 Å². The van der Waals surface area contributed by atoms with Gasteiger partial charge in [-0.25, -0.2) is 9.97 Å². The van der Waals surface area contributed by atoms with Crippen LogP contribution in [0.3, 0.4) is 0 Å². The molecule has 4 heterocycles. The van der Waals surface area contributed by atoms with Crippen LogP contribution >= 0.6 is 0 Å². The second-order valence-electron chi connectivity index (χ2n) is 9.99. The minimum Gasteiger partial charge on any atom is -0.375 e. The molecule has 2 N–H and O–H groups in total. The number of nitrogens with one attached hydrogen (secondary N) is 2. The standard InChI is InChI=1S/C25H33N7O2.2H2/c1-24(2,3)34-16-25(4)15-32(20-9-7-8-18(28-20)13-26-5)22-19(25)14-27-23(30-22)29-17-10-11-31(6)21(33)12-17;;/h7-12,14,26H,13,15-16H2,1-6H3,(H,27,29,30);2*1H/t25-;;/m0../s1. The normalized spacial score (nSPS) is 17.6. The van der Waals surface area contributed by atoms with Crippen molar-refractivity contribution in [2.24, 2.45) is 7.05 Å². The van der Waals surface area contributed by atoms with Crippen LogP contribution in [0.15, 0.2) is 47.5 Å². The number of ether oxygens (including phenoxy) is 1. The van der Waals surface area contributed by atoms with Crippen LogP contribution in [-0.4, -0.2) is 45.3 Å². The lowest BCUT2D eigenvalue weighted by molar-refractivity contribution is -0.0252. The van der Waals surface area contributed by atoms with Crippen molar-refractivity contribution in [2.75, 3.05) is 30.4 Å². The molecule has 9 nitrogen and oxygen atoms in total. The zero-order valence-electron chi connectivity index (χ0n) is 20.7. The van der Waals surface area contributed by atoms with Gasteiger partial charge >= 0.3 is 0 Å². The van der Waals surface area contributed by atoms with Crippen molar-refractivity contribution in [3.05, 3.63) is 64.3 Å². The molecule has 0 amide bonds. The van der Waals surface area contributed by atoms with Crippen LogP contribution in [0.1, 0.15) is 41.8 Å². The molecule has 3 aromatic heterocycles. The van der Waals surface area contributed by atoms with E-state index < -0.39 is 0 Å². The lowest BCUT2D eigenvalue weighted by Crippen LogP contribution is -2.37. The number of fused-ring (bicyclic) bond motifs is 1. The smallest absolute Gasteiger partial charge is 0.252 e. The SMILES string of the molecule is CNCc1cccc(N2C[C@@](C)(COC(C)(C)C)c3cnc(Nc4ccn(C)c(=O)c4)nc32)n1.[HH].[HH]. The number of hydrogen-bond acceptors (Lipinski definition) is 8. The van der Waals surface area contributed by atoms with Crippen LogP contribution in [0.4, 0.5) is 23.3 Å². The van der Waals surface area contributed by atoms with Crippen LogP contribution < -0.4 is 21.1 Å². The first-order valence-corrected chi connectivity index (χ1v) is 11.4. The van der Waals surface area contributed by atoms with Crippen molar-refractivity contribution < 1.29 is 7.59 Å². The number of rotatable bonds is 7. The molecule has 0 unspecified atom stereocenters. The Kier molecular flexibility index (Phi) is 6.42. The Morgan fingerprint density at radius 1 is 1.24 bits per heavy atom. The molecule has 3 aromatic rings. The summed E-state index contributed by atoms with van der Waals surface area (Å²) in [6.07, 6.45) is 3.57. The Bertz CT molecular complexity index is 1250. The predicted octanol–water partition coefficient (Wildman–Crippen LogP) is 3.75. The molecule has 1 aliphatic rings. The maximum Gasteiger partial charge on any atom is 0.252 e. The lowest BCUT2D eigenvalue weighted by atomic mass is 9.87. The molecule has 9 heteroatoms. The minimum atomic E-state index is -0.315. The first-order chi connectivity index (χ1) is 16.1. The summed E-state index contributed by atoms with van der Waals surface area (Å²) < 4.78 is 7.72. The van der Waals surface area contributed by atoms with Crippen molar-refractivity contribution >= 4 is 23.3 Å². The van der Waals surface area contributed by atoms with Gasteiger partial charge in [0.25, 0.3) is 5.56 Å². The number of anilines is 4. The quantitative estimate of drug-likeness (QED) is 0.542. The van der Waals surface area contributed by atoms with E-state index in [0.29, 0.717) is 31.3 Å². The summed E-state index contributed by atoms with van der Waals surface area (Å²) >= 11 is 0. The van der Waals surface area contributed by atoms with Crippen LogP contribution in [0.5, 0.6) is 0 Å². The fourth-order valence-corrected chi connectivity index (χ4v) is 3.91. The van der Waals surface area contributed by atoms with Crippen molar-refractivity contribution in [3.8, 4) is 0 Å². The average Bonchev–Trinajstić information content (AvgIpc) is 3.08. The summed E-state index contributed by atoms with van der Waals surface area (Å²) in [7, 11) is 3.62. The van der Waals surface area contributed by atoms with E-state index in [1.807, 2.05) is 37.5 Å². The van der Waals surface area contributed by atoms with Crippen LogP contribution in [0.25, 0.3) is 0 Å². The molecule has 1 aliphatic heterocycles. The van der Waals surface area contributed by atoms with E-state index in [9.17, 15) is 4.79 Å². The van der Waals surface area contributed by atoms with Crippen molar-refractivity contribution in [3.63, 3.8) is 0 Å². The van der Waals surface area contributed by atoms with Crippen LogP contribution in [0.2, 0.25) is 0 Å². The molecule has 0 aliphatic carbocycles. The second-order valence-corrected chi connectivity index (χ2v) is 9.99. The number of pyridine rings is 2. The second kappa shape index (κ2) is 9.15. The third-order valence-electron chi connectivity index (χ3n) is 5.79. The van der Waals surface area contributed by atoms with E-state index in [0.717, 1.165) is 22.9 Å².